The average Bonchev–Trinajstić information content (AvgIpc) is 2.23. The van der Waals surface area contributed by atoms with Crippen LogP contribution >= 0.6 is 0 Å². The first-order valence-corrected chi connectivity index (χ1v) is 4.39. The molecule has 0 aromatic heterocycles. The zero-order valence-electron chi connectivity index (χ0n) is 9.16. The van der Waals surface area contributed by atoms with E-state index in [4.69, 9.17) is 40.5 Å². The number of hydrogen-bond acceptors (Lipinski definition) is 7. The van der Waals surface area contributed by atoms with E-state index < -0.39 is 42.3 Å². The van der Waals surface area contributed by atoms with E-state index in [-0.39, 0.29) is 0 Å². The van der Waals surface area contributed by atoms with Crippen LogP contribution in [0.3, 0.4) is 0 Å². The van der Waals surface area contributed by atoms with Crippen molar-refractivity contribution in [3.05, 3.63) is 0 Å². The van der Waals surface area contributed by atoms with Gasteiger partial charge in [-0.2, -0.15) is 0 Å². The molecule has 4 atom stereocenters. The second kappa shape index (κ2) is 8.36. The van der Waals surface area contributed by atoms with E-state index in [9.17, 15) is 9.59 Å². The molecule has 4 unspecified atom stereocenters. The van der Waals surface area contributed by atoms with E-state index in [1.54, 1.807) is 0 Å². The van der Waals surface area contributed by atoms with E-state index >= 15 is 0 Å². The summed E-state index contributed by atoms with van der Waals surface area (Å²) < 4.78 is 0. The highest BCUT2D eigenvalue weighted by atomic mass is 16.4. The van der Waals surface area contributed by atoms with Crippen molar-refractivity contribution in [3.8, 4) is 0 Å². The van der Waals surface area contributed by atoms with Crippen molar-refractivity contribution in [1.82, 2.24) is 0 Å². The fraction of sp³-hybridized carbons (Fsp3) is 0.625. The minimum atomic E-state index is -2.36. The number of carbonyl (C=O) groups is 3. The molecule has 0 amide bonds. The Morgan fingerprint density at radius 3 is 1.00 bits per heavy atom. The van der Waals surface area contributed by atoms with Crippen molar-refractivity contribution in [2.24, 2.45) is 0 Å². The molecule has 0 aromatic carbocycles. The van der Waals surface area contributed by atoms with E-state index in [2.05, 4.69) is 0 Å². The lowest BCUT2D eigenvalue weighted by atomic mass is 10.0. The third-order valence-corrected chi connectivity index (χ3v) is 1.50. The molecule has 0 aliphatic heterocycles. The first-order valence-electron chi connectivity index (χ1n) is 4.39. The van der Waals surface area contributed by atoms with Gasteiger partial charge in [-0.05, 0) is 0 Å². The van der Waals surface area contributed by atoms with E-state index in [1.807, 2.05) is 0 Å². The molecule has 10 nitrogen and oxygen atoms in total. The van der Waals surface area contributed by atoms with Crippen LogP contribution in [0.4, 0.5) is 0 Å². The summed E-state index contributed by atoms with van der Waals surface area (Å²) in [6.45, 7) is 1.08. The maximum absolute atomic E-state index is 10.1. The summed E-state index contributed by atoms with van der Waals surface area (Å²) in [5.74, 6) is -4.51. The lowest BCUT2D eigenvalue weighted by Gasteiger charge is -2.21. The molecule has 0 bridgehead atoms. The molecule has 18 heavy (non-hydrogen) atoms. The summed E-state index contributed by atoms with van der Waals surface area (Å²) in [5.41, 5.74) is 0. The minimum absolute atomic E-state index is 0.833. The second-order valence-corrected chi connectivity index (χ2v) is 3.07. The van der Waals surface area contributed by atoms with E-state index in [0.29, 0.717) is 0 Å². The lowest BCUT2D eigenvalue weighted by molar-refractivity contribution is -0.172. The molecule has 0 aliphatic rings. The number of carboxylic acids is 3. The monoisotopic (exact) mass is 270 g/mol. The van der Waals surface area contributed by atoms with Crippen LogP contribution in [-0.2, 0) is 14.4 Å². The molecule has 0 fully saturated rings. The number of aliphatic hydroxyl groups excluding tert-OH is 4. The van der Waals surface area contributed by atoms with Gasteiger partial charge in [-0.1, -0.05) is 0 Å². The summed E-state index contributed by atoms with van der Waals surface area (Å²) >= 11 is 0. The average molecular weight is 270 g/mol. The highest BCUT2D eigenvalue weighted by Crippen LogP contribution is 2.05. The van der Waals surface area contributed by atoms with Gasteiger partial charge in [-0.25, -0.2) is 9.59 Å². The molecule has 7 N–H and O–H groups in total. The molecular weight excluding hydrogens is 256 g/mol. The quantitative estimate of drug-likeness (QED) is 0.266. The fourth-order valence-corrected chi connectivity index (χ4v) is 0.666. The van der Waals surface area contributed by atoms with Gasteiger partial charge in [0.1, 0.15) is 12.2 Å². The van der Waals surface area contributed by atoms with Crippen molar-refractivity contribution >= 4 is 17.9 Å². The number of carboxylic acid groups (broad SMARTS) is 3. The Morgan fingerprint density at radius 1 is 0.722 bits per heavy atom. The van der Waals surface area contributed by atoms with Gasteiger partial charge in [-0.3, -0.25) is 4.79 Å². The predicted molar refractivity (Wildman–Crippen MR) is 52.6 cm³/mol. The van der Waals surface area contributed by atoms with Gasteiger partial charge >= 0.3 is 11.9 Å². The molecule has 10 heteroatoms. The topological polar surface area (TPSA) is 193 Å². The van der Waals surface area contributed by atoms with Crippen LogP contribution in [0.5, 0.6) is 0 Å². The Labute approximate surface area is 100 Å². The van der Waals surface area contributed by atoms with Crippen molar-refractivity contribution in [1.29, 1.82) is 0 Å². The Bertz CT molecular complexity index is 272. The second-order valence-electron chi connectivity index (χ2n) is 3.07. The Morgan fingerprint density at radius 2 is 0.889 bits per heavy atom. The van der Waals surface area contributed by atoms with Crippen LogP contribution in [0.2, 0.25) is 0 Å². The smallest absolute Gasteiger partial charge is 0.335 e. The Hall–Kier alpha value is -1.75. The van der Waals surface area contributed by atoms with E-state index in [1.165, 1.54) is 0 Å². The van der Waals surface area contributed by atoms with Crippen LogP contribution in [0.15, 0.2) is 0 Å². The van der Waals surface area contributed by atoms with Gasteiger partial charge in [0.2, 0.25) is 0 Å². The summed E-state index contributed by atoms with van der Waals surface area (Å²) in [5, 5.41) is 58.9. The van der Waals surface area contributed by atoms with Gasteiger partial charge in [0.15, 0.2) is 12.2 Å². The standard InChI is InChI=1S/C6H10O8.C2H4O2/c7-1(3(9)5(11)12)2(8)4(10)6(13)14;1-2(3)4/h1-4,7-10H,(H,11,12)(H,13,14);1H3,(H,3,4). The Kier molecular flexibility index (Phi) is 8.64. The van der Waals surface area contributed by atoms with Gasteiger partial charge in [0, 0.05) is 6.92 Å². The van der Waals surface area contributed by atoms with Crippen LogP contribution in [0, 0.1) is 0 Å². The zero-order chi connectivity index (χ0) is 15.0. The highest BCUT2D eigenvalue weighted by Gasteiger charge is 2.37. The first-order chi connectivity index (χ1) is 8.02. The van der Waals surface area contributed by atoms with Crippen LogP contribution < -0.4 is 0 Å². The molecule has 0 aliphatic carbocycles. The number of aliphatic hydroxyl groups is 4. The number of rotatable bonds is 5. The number of aliphatic carboxylic acids is 3. The summed E-state index contributed by atoms with van der Waals surface area (Å²) in [4.78, 5) is 29.2. The molecule has 0 heterocycles. The predicted octanol–water partition coefficient (Wildman–Crippen LogP) is -3.31. The summed E-state index contributed by atoms with van der Waals surface area (Å²) in [7, 11) is 0. The van der Waals surface area contributed by atoms with Gasteiger partial charge in [0.05, 0.1) is 0 Å². The third-order valence-electron chi connectivity index (χ3n) is 1.50. The van der Waals surface area contributed by atoms with Gasteiger partial charge < -0.3 is 35.7 Å². The van der Waals surface area contributed by atoms with Crippen LogP contribution in [-0.4, -0.2) is 78.1 Å². The molecule has 0 aromatic rings. The van der Waals surface area contributed by atoms with Crippen molar-refractivity contribution in [2.75, 3.05) is 0 Å². The molecule has 106 valence electrons. The molecule has 0 saturated heterocycles. The normalized spacial score (nSPS) is 16.5. The SMILES string of the molecule is CC(=O)O.O=C(O)C(O)C(O)C(O)C(O)C(=O)O. The Balaban J connectivity index is 0. The van der Waals surface area contributed by atoms with Crippen molar-refractivity contribution in [3.63, 3.8) is 0 Å². The molecule has 0 radical (unpaired) electrons. The van der Waals surface area contributed by atoms with Crippen LogP contribution in [0.25, 0.3) is 0 Å². The van der Waals surface area contributed by atoms with Crippen molar-refractivity contribution in [2.45, 2.75) is 31.3 Å². The van der Waals surface area contributed by atoms with Gasteiger partial charge in [-0.15, -0.1) is 0 Å². The highest BCUT2D eigenvalue weighted by molar-refractivity contribution is 5.75. The third kappa shape index (κ3) is 7.51. The fourth-order valence-electron chi connectivity index (χ4n) is 0.666. The molecule has 0 spiro atoms. The van der Waals surface area contributed by atoms with Crippen LogP contribution in [0.1, 0.15) is 6.92 Å². The lowest BCUT2D eigenvalue weighted by Crippen LogP contribution is -2.49. The maximum Gasteiger partial charge on any atom is 0.335 e. The van der Waals surface area contributed by atoms with Gasteiger partial charge in [0.25, 0.3) is 5.97 Å². The molecular formula is C8H14O10. The first kappa shape index (κ1) is 18.6. The molecule has 0 rings (SSSR count). The van der Waals surface area contributed by atoms with E-state index in [0.717, 1.165) is 6.92 Å². The molecule has 0 saturated carbocycles. The number of hydrogen-bond donors (Lipinski definition) is 7. The summed E-state index contributed by atoms with van der Waals surface area (Å²) in [6, 6.07) is 0. The summed E-state index contributed by atoms with van der Waals surface area (Å²) in [6.07, 6.45) is -9.28. The zero-order valence-corrected chi connectivity index (χ0v) is 9.16. The largest absolute Gasteiger partial charge is 0.481 e. The minimum Gasteiger partial charge on any atom is -0.481 e. The maximum atomic E-state index is 10.1. The van der Waals surface area contributed by atoms with Crippen molar-refractivity contribution < 1.29 is 50.1 Å².